The van der Waals surface area contributed by atoms with E-state index in [9.17, 15) is 4.79 Å². The first-order chi connectivity index (χ1) is 12.6. The molecule has 0 aliphatic heterocycles. The van der Waals surface area contributed by atoms with Gasteiger partial charge in [-0.2, -0.15) is 5.10 Å². The van der Waals surface area contributed by atoms with Crippen molar-refractivity contribution in [2.45, 2.75) is 19.5 Å². The van der Waals surface area contributed by atoms with Crippen molar-refractivity contribution in [3.8, 4) is 0 Å². The van der Waals surface area contributed by atoms with Crippen LogP contribution in [0.5, 0.6) is 0 Å². The summed E-state index contributed by atoms with van der Waals surface area (Å²) in [4.78, 5) is 23.9. The molecule has 1 unspecified atom stereocenters. The van der Waals surface area contributed by atoms with Crippen LogP contribution in [-0.2, 0) is 6.54 Å². The van der Waals surface area contributed by atoms with Crippen molar-refractivity contribution >= 4 is 28.3 Å². The van der Waals surface area contributed by atoms with E-state index in [0.717, 1.165) is 21.6 Å². The van der Waals surface area contributed by atoms with Gasteiger partial charge in [-0.3, -0.25) is 14.9 Å². The Kier molecular flexibility index (Phi) is 4.26. The fourth-order valence-electron chi connectivity index (χ4n) is 2.85. The number of aromatic nitrogens is 5. The molecule has 0 spiro atoms. The number of rotatable bonds is 5. The van der Waals surface area contributed by atoms with E-state index in [-0.39, 0.29) is 11.9 Å². The summed E-state index contributed by atoms with van der Waals surface area (Å²) in [7, 11) is 1.78. The lowest BCUT2D eigenvalue weighted by Gasteiger charge is -2.22. The summed E-state index contributed by atoms with van der Waals surface area (Å²) in [5.41, 5.74) is 5.03. The summed E-state index contributed by atoms with van der Waals surface area (Å²) in [5, 5.41) is 7.16. The minimum Gasteiger partial charge on any atom is -0.333 e. The lowest BCUT2D eigenvalue weighted by molar-refractivity contribution is 0.0739. The zero-order valence-electron chi connectivity index (χ0n) is 14.5. The summed E-state index contributed by atoms with van der Waals surface area (Å²) in [6, 6.07) is 9.70. The topological polar surface area (TPSA) is 79.7 Å². The molecule has 7 nitrogen and oxygen atoms in total. The fraction of sp³-hybridized carbons (Fsp3) is 0.222. The van der Waals surface area contributed by atoms with E-state index >= 15 is 0 Å². The van der Waals surface area contributed by atoms with Crippen LogP contribution >= 0.6 is 11.3 Å². The van der Waals surface area contributed by atoms with Crippen LogP contribution < -0.4 is 0 Å². The number of thiazole rings is 1. The lowest BCUT2D eigenvalue weighted by Crippen LogP contribution is -2.29. The molecular formula is C18H18N6OS. The quantitative estimate of drug-likeness (QED) is 0.589. The van der Waals surface area contributed by atoms with Crippen LogP contribution in [0, 0.1) is 0 Å². The monoisotopic (exact) mass is 366 g/mol. The van der Waals surface area contributed by atoms with Crippen molar-refractivity contribution < 1.29 is 4.79 Å². The Bertz CT molecular complexity index is 1040. The molecule has 0 bridgehead atoms. The molecule has 4 aromatic rings. The van der Waals surface area contributed by atoms with Crippen molar-refractivity contribution in [3.63, 3.8) is 0 Å². The standard InChI is InChI=1S/C18H18N6OS/c1-12(17-8-19-11-26-17)23(2)18(25)15-7-13(21-22-15)9-24-10-20-14-5-3-4-6-16(14)24/h3-8,10-12H,9H2,1-2H3,(H,21,22). The molecule has 0 fully saturated rings. The summed E-state index contributed by atoms with van der Waals surface area (Å²) in [5.74, 6) is -0.121. The Hall–Kier alpha value is -3.00. The van der Waals surface area contributed by atoms with Crippen LogP contribution in [0.2, 0.25) is 0 Å². The zero-order chi connectivity index (χ0) is 18.1. The highest BCUT2D eigenvalue weighted by atomic mass is 32.1. The van der Waals surface area contributed by atoms with Gasteiger partial charge in [-0.1, -0.05) is 12.1 Å². The molecule has 1 atom stereocenters. The second-order valence-electron chi connectivity index (χ2n) is 6.14. The number of H-pyrrole nitrogens is 1. The molecule has 0 saturated carbocycles. The molecule has 1 amide bonds. The van der Waals surface area contributed by atoms with Crippen LogP contribution in [0.1, 0.15) is 34.0 Å². The van der Waals surface area contributed by atoms with E-state index in [1.807, 2.05) is 35.8 Å². The summed E-state index contributed by atoms with van der Waals surface area (Å²) in [6.45, 7) is 2.56. The molecular weight excluding hydrogens is 348 g/mol. The third-order valence-electron chi connectivity index (χ3n) is 4.48. The maximum atomic E-state index is 12.7. The van der Waals surface area contributed by atoms with Gasteiger partial charge in [0.15, 0.2) is 0 Å². The van der Waals surface area contributed by atoms with E-state index in [1.165, 1.54) is 11.3 Å². The molecule has 1 aromatic carbocycles. The number of amides is 1. The molecule has 26 heavy (non-hydrogen) atoms. The first-order valence-corrected chi connectivity index (χ1v) is 9.11. The van der Waals surface area contributed by atoms with Crippen LogP contribution in [0.15, 0.2) is 48.4 Å². The van der Waals surface area contributed by atoms with Gasteiger partial charge in [0, 0.05) is 18.1 Å². The summed E-state index contributed by atoms with van der Waals surface area (Å²) in [6.07, 6.45) is 3.59. The Labute approximate surface area is 154 Å². The number of benzene rings is 1. The van der Waals surface area contributed by atoms with Crippen molar-refractivity contribution in [1.82, 2.24) is 29.6 Å². The van der Waals surface area contributed by atoms with E-state index in [1.54, 1.807) is 36.0 Å². The van der Waals surface area contributed by atoms with E-state index in [4.69, 9.17) is 0 Å². The lowest BCUT2D eigenvalue weighted by atomic mass is 10.2. The molecule has 8 heteroatoms. The van der Waals surface area contributed by atoms with Crippen LogP contribution in [-0.4, -0.2) is 42.6 Å². The molecule has 0 saturated heterocycles. The Balaban J connectivity index is 1.51. The second-order valence-corrected chi connectivity index (χ2v) is 7.05. The summed E-state index contributed by atoms with van der Waals surface area (Å²) < 4.78 is 2.03. The smallest absolute Gasteiger partial charge is 0.274 e. The van der Waals surface area contributed by atoms with Gasteiger partial charge in [0.1, 0.15) is 5.69 Å². The second kappa shape index (κ2) is 6.72. The number of hydrogen-bond acceptors (Lipinski definition) is 5. The van der Waals surface area contributed by atoms with Crippen molar-refractivity contribution in [1.29, 1.82) is 0 Å². The third kappa shape index (κ3) is 2.99. The zero-order valence-corrected chi connectivity index (χ0v) is 15.3. The first kappa shape index (κ1) is 16.5. The Morgan fingerprint density at radius 1 is 1.38 bits per heavy atom. The van der Waals surface area contributed by atoms with Gasteiger partial charge in [-0.05, 0) is 25.1 Å². The van der Waals surface area contributed by atoms with Gasteiger partial charge in [0.05, 0.1) is 41.2 Å². The number of para-hydroxylation sites is 2. The molecule has 3 aromatic heterocycles. The van der Waals surface area contributed by atoms with Crippen LogP contribution in [0.25, 0.3) is 11.0 Å². The minimum atomic E-state index is -0.121. The van der Waals surface area contributed by atoms with Gasteiger partial charge >= 0.3 is 0 Å². The molecule has 132 valence electrons. The van der Waals surface area contributed by atoms with Gasteiger partial charge < -0.3 is 9.47 Å². The maximum absolute atomic E-state index is 12.7. The highest BCUT2D eigenvalue weighted by molar-refractivity contribution is 7.09. The first-order valence-electron chi connectivity index (χ1n) is 8.23. The number of imidazole rings is 1. The molecule has 0 aliphatic rings. The third-order valence-corrected chi connectivity index (χ3v) is 5.43. The number of nitrogens with one attached hydrogen (secondary N) is 1. The number of hydrogen-bond donors (Lipinski definition) is 1. The van der Waals surface area contributed by atoms with Crippen molar-refractivity contribution in [2.24, 2.45) is 0 Å². The fourth-order valence-corrected chi connectivity index (χ4v) is 3.57. The van der Waals surface area contributed by atoms with Crippen molar-refractivity contribution in [2.75, 3.05) is 7.05 Å². The number of aromatic amines is 1. The highest BCUT2D eigenvalue weighted by Crippen LogP contribution is 2.23. The maximum Gasteiger partial charge on any atom is 0.274 e. The predicted octanol–water partition coefficient (Wildman–Crippen LogP) is 3.10. The number of fused-ring (bicyclic) bond motifs is 1. The Morgan fingerprint density at radius 2 is 2.23 bits per heavy atom. The normalized spacial score (nSPS) is 12.4. The van der Waals surface area contributed by atoms with Crippen LogP contribution in [0.3, 0.4) is 0 Å². The van der Waals surface area contributed by atoms with Gasteiger partial charge in [-0.25, -0.2) is 4.98 Å². The molecule has 0 aliphatic carbocycles. The number of carbonyl (C=O) groups excluding carboxylic acids is 1. The number of nitrogens with zero attached hydrogens (tertiary/aromatic N) is 5. The molecule has 3 heterocycles. The summed E-state index contributed by atoms with van der Waals surface area (Å²) >= 11 is 1.54. The van der Waals surface area contributed by atoms with E-state index in [0.29, 0.717) is 12.2 Å². The van der Waals surface area contributed by atoms with Gasteiger partial charge in [-0.15, -0.1) is 11.3 Å². The SMILES string of the molecule is CC(c1cncs1)N(C)C(=O)c1cc(Cn2cnc3ccccc32)[nH]n1. The average molecular weight is 366 g/mol. The van der Waals surface area contributed by atoms with Gasteiger partial charge in [0.2, 0.25) is 0 Å². The largest absolute Gasteiger partial charge is 0.333 e. The average Bonchev–Trinajstić information content (AvgIpc) is 3.41. The Morgan fingerprint density at radius 3 is 3.04 bits per heavy atom. The minimum absolute atomic E-state index is 0.0484. The van der Waals surface area contributed by atoms with Crippen LogP contribution in [0.4, 0.5) is 0 Å². The van der Waals surface area contributed by atoms with Crippen molar-refractivity contribution in [3.05, 3.63) is 64.6 Å². The molecule has 1 N–H and O–H groups in total. The number of carbonyl (C=O) groups is 1. The predicted molar refractivity (Wildman–Crippen MR) is 100 cm³/mol. The highest BCUT2D eigenvalue weighted by Gasteiger charge is 2.22. The molecule has 0 radical (unpaired) electrons. The van der Waals surface area contributed by atoms with Gasteiger partial charge in [0.25, 0.3) is 5.91 Å². The molecule has 4 rings (SSSR count). The van der Waals surface area contributed by atoms with E-state index < -0.39 is 0 Å². The van der Waals surface area contributed by atoms with E-state index in [2.05, 4.69) is 20.2 Å².